The highest BCUT2D eigenvalue weighted by atomic mass is 28.4. The van der Waals surface area contributed by atoms with Crippen molar-refractivity contribution in [3.8, 4) is 0 Å². The molecule has 0 heterocycles. The Kier molecular flexibility index (Phi) is 6.25. The fourth-order valence-electron chi connectivity index (χ4n) is 2.57. The number of carbonyl (C=O) groups is 1. The summed E-state index contributed by atoms with van der Waals surface area (Å²) in [4.78, 5) is 11.7. The van der Waals surface area contributed by atoms with Crippen LogP contribution in [-0.4, -0.2) is 20.4 Å². The Labute approximate surface area is 152 Å². The van der Waals surface area contributed by atoms with Gasteiger partial charge in [-0.3, -0.25) is 4.79 Å². The van der Waals surface area contributed by atoms with Gasteiger partial charge >= 0.3 is 12.1 Å². The smallest absolute Gasteiger partial charge is 0.408 e. The zero-order chi connectivity index (χ0) is 19.4. The van der Waals surface area contributed by atoms with E-state index in [4.69, 9.17) is 4.43 Å². The summed E-state index contributed by atoms with van der Waals surface area (Å²) < 4.78 is 44.9. The molecule has 2 aromatic rings. The van der Waals surface area contributed by atoms with Crippen molar-refractivity contribution in [1.29, 1.82) is 0 Å². The summed E-state index contributed by atoms with van der Waals surface area (Å²) in [5.41, 5.74) is 1.27. The molecule has 0 radical (unpaired) electrons. The molecule has 0 saturated carbocycles. The third-order valence-corrected chi connectivity index (χ3v) is 4.58. The first kappa shape index (κ1) is 20.2. The molecule has 7 heteroatoms. The zero-order valence-corrected chi connectivity index (χ0v) is 15.9. The van der Waals surface area contributed by atoms with Crippen LogP contribution in [0, 0.1) is 0 Å². The average molecular weight is 381 g/mol. The molecule has 0 fully saturated rings. The minimum Gasteiger partial charge on any atom is -0.408 e. The van der Waals surface area contributed by atoms with E-state index in [1.54, 1.807) is 54.6 Å². The summed E-state index contributed by atoms with van der Waals surface area (Å²) in [6.45, 7) is 5.86. The minimum absolute atomic E-state index is 0.553. The van der Waals surface area contributed by atoms with Crippen LogP contribution in [0.1, 0.15) is 23.3 Å². The van der Waals surface area contributed by atoms with Gasteiger partial charge in [0, 0.05) is 0 Å². The van der Waals surface area contributed by atoms with Gasteiger partial charge in [0.05, 0.1) is 12.1 Å². The molecule has 0 unspecified atom stereocenters. The first-order chi connectivity index (χ1) is 12.1. The lowest BCUT2D eigenvalue weighted by Gasteiger charge is -2.34. The maximum Gasteiger partial charge on any atom is 0.471 e. The van der Waals surface area contributed by atoms with Crippen molar-refractivity contribution in [3.05, 3.63) is 71.8 Å². The van der Waals surface area contributed by atoms with Crippen LogP contribution in [0.4, 0.5) is 13.2 Å². The number of nitrogens with one attached hydrogen (secondary N) is 1. The molecule has 2 rings (SSSR count). The Morgan fingerprint density at radius 2 is 1.38 bits per heavy atom. The summed E-state index contributed by atoms with van der Waals surface area (Å²) >= 11 is 0. The van der Waals surface area contributed by atoms with E-state index in [0.717, 1.165) is 0 Å². The van der Waals surface area contributed by atoms with Gasteiger partial charge in [0.15, 0.2) is 8.32 Å². The highest BCUT2D eigenvalue weighted by molar-refractivity contribution is 6.69. The van der Waals surface area contributed by atoms with Crippen LogP contribution in [-0.2, 0) is 9.22 Å². The summed E-state index contributed by atoms with van der Waals surface area (Å²) in [5, 5.41) is 2.13. The number of rotatable bonds is 6. The van der Waals surface area contributed by atoms with E-state index >= 15 is 0 Å². The lowest BCUT2D eigenvalue weighted by molar-refractivity contribution is -0.175. The average Bonchev–Trinajstić information content (AvgIpc) is 2.57. The normalized spacial score (nSPS) is 14.5. The Balaban J connectivity index is 2.49. The molecule has 2 aromatic carbocycles. The quantitative estimate of drug-likeness (QED) is 0.715. The number of halogens is 3. The van der Waals surface area contributed by atoms with Crippen LogP contribution in [0.3, 0.4) is 0 Å². The van der Waals surface area contributed by atoms with E-state index in [2.05, 4.69) is 5.32 Å². The van der Waals surface area contributed by atoms with Crippen LogP contribution in [0.25, 0.3) is 0 Å². The van der Waals surface area contributed by atoms with Crippen LogP contribution in [0.15, 0.2) is 60.7 Å². The summed E-state index contributed by atoms with van der Waals surface area (Å²) in [6, 6.07) is 16.6. The number of amides is 1. The molecule has 3 nitrogen and oxygen atoms in total. The second-order valence-corrected chi connectivity index (χ2v) is 11.4. The highest BCUT2D eigenvalue weighted by Crippen LogP contribution is 2.35. The molecule has 0 aliphatic rings. The molecule has 0 aliphatic heterocycles. The molecule has 1 amide bonds. The van der Waals surface area contributed by atoms with Crippen molar-refractivity contribution < 1.29 is 22.4 Å². The predicted octanol–water partition coefficient (Wildman–Crippen LogP) is 5.00. The van der Waals surface area contributed by atoms with Crippen LogP contribution < -0.4 is 5.32 Å². The molecule has 1 N–H and O–H groups in total. The van der Waals surface area contributed by atoms with E-state index in [1.807, 2.05) is 25.7 Å². The highest BCUT2D eigenvalue weighted by Gasteiger charge is 2.42. The molecule has 26 heavy (non-hydrogen) atoms. The lowest BCUT2D eigenvalue weighted by Crippen LogP contribution is -2.43. The van der Waals surface area contributed by atoms with Gasteiger partial charge in [-0.15, -0.1) is 0 Å². The third kappa shape index (κ3) is 5.71. The Morgan fingerprint density at radius 1 is 0.923 bits per heavy atom. The van der Waals surface area contributed by atoms with Crippen molar-refractivity contribution in [2.24, 2.45) is 0 Å². The van der Waals surface area contributed by atoms with Crippen LogP contribution >= 0.6 is 0 Å². The van der Waals surface area contributed by atoms with Gasteiger partial charge in [-0.2, -0.15) is 13.2 Å². The molecule has 140 valence electrons. The maximum absolute atomic E-state index is 12.9. The fourth-order valence-corrected chi connectivity index (χ4v) is 3.60. The first-order valence-corrected chi connectivity index (χ1v) is 11.6. The fraction of sp³-hybridized carbons (Fsp3) is 0.316. The number of hydrogen-bond acceptors (Lipinski definition) is 2. The number of benzene rings is 2. The van der Waals surface area contributed by atoms with Crippen LogP contribution in [0.2, 0.25) is 19.6 Å². The van der Waals surface area contributed by atoms with Gasteiger partial charge in [-0.1, -0.05) is 60.7 Å². The van der Waals surface area contributed by atoms with Gasteiger partial charge in [0.1, 0.15) is 0 Å². The standard InChI is InChI=1S/C19H22F3NO2Si/c1-26(2,3)25-17(15-12-8-5-9-13-15)16(14-10-6-4-7-11-14)23-18(24)19(20,21)22/h4-13,16-17H,1-3H3,(H,23,24)/t16-,17+/m0/s1. The largest absolute Gasteiger partial charge is 0.471 e. The lowest BCUT2D eigenvalue weighted by atomic mass is 9.95. The number of carbonyl (C=O) groups excluding carboxylic acids is 1. The summed E-state index contributed by atoms with van der Waals surface area (Å²) in [5.74, 6) is -1.98. The monoisotopic (exact) mass is 381 g/mol. The van der Waals surface area contributed by atoms with E-state index < -0.39 is 32.5 Å². The van der Waals surface area contributed by atoms with Crippen molar-refractivity contribution in [2.45, 2.75) is 38.0 Å². The molecule has 2 atom stereocenters. The molecule has 0 saturated heterocycles. The van der Waals surface area contributed by atoms with Gasteiger partial charge < -0.3 is 9.74 Å². The molecule has 0 aliphatic carbocycles. The van der Waals surface area contributed by atoms with Crippen molar-refractivity contribution in [2.75, 3.05) is 0 Å². The SMILES string of the molecule is C[Si](C)(C)O[C@H](c1ccccc1)[C@@H](NC(=O)C(F)(F)F)c1ccccc1. The summed E-state index contributed by atoms with van der Waals surface area (Å²) in [6.07, 6.45) is -5.69. The van der Waals surface area contributed by atoms with Gasteiger partial charge in [-0.25, -0.2) is 0 Å². The Hall–Kier alpha value is -2.12. The Bertz CT molecular complexity index is 715. The molecule has 0 bridgehead atoms. The number of hydrogen-bond donors (Lipinski definition) is 1. The van der Waals surface area contributed by atoms with Crippen LogP contribution in [0.5, 0.6) is 0 Å². The van der Waals surface area contributed by atoms with Crippen molar-refractivity contribution in [1.82, 2.24) is 5.32 Å². The van der Waals surface area contributed by atoms with Gasteiger partial charge in [0.2, 0.25) is 0 Å². The summed E-state index contributed by atoms with van der Waals surface area (Å²) in [7, 11) is -2.13. The van der Waals surface area contributed by atoms with Gasteiger partial charge in [-0.05, 0) is 30.8 Å². The van der Waals surface area contributed by atoms with E-state index in [-0.39, 0.29) is 0 Å². The topological polar surface area (TPSA) is 38.3 Å². The second-order valence-electron chi connectivity index (χ2n) is 6.92. The third-order valence-electron chi connectivity index (χ3n) is 3.61. The maximum atomic E-state index is 12.9. The molecular formula is C19H22F3NO2Si. The zero-order valence-electron chi connectivity index (χ0n) is 14.9. The molecular weight excluding hydrogens is 359 g/mol. The van der Waals surface area contributed by atoms with Crippen molar-refractivity contribution in [3.63, 3.8) is 0 Å². The first-order valence-electron chi connectivity index (χ1n) is 8.23. The van der Waals surface area contributed by atoms with E-state index in [9.17, 15) is 18.0 Å². The molecule has 0 spiro atoms. The van der Waals surface area contributed by atoms with Crippen molar-refractivity contribution >= 4 is 14.2 Å². The predicted molar refractivity (Wildman–Crippen MR) is 97.0 cm³/mol. The second kappa shape index (κ2) is 8.05. The van der Waals surface area contributed by atoms with Gasteiger partial charge in [0.25, 0.3) is 0 Å². The minimum atomic E-state index is -4.96. The Morgan fingerprint density at radius 3 is 1.81 bits per heavy atom. The number of alkyl halides is 3. The molecule has 0 aromatic heterocycles. The van der Waals surface area contributed by atoms with E-state index in [1.165, 1.54) is 0 Å². The van der Waals surface area contributed by atoms with E-state index in [0.29, 0.717) is 11.1 Å².